The minimum Gasteiger partial charge on any atom is -0.476 e. The number of aromatic nitrogens is 1. The molecule has 0 atom stereocenters. The summed E-state index contributed by atoms with van der Waals surface area (Å²) in [4.78, 5) is 12.1. The highest BCUT2D eigenvalue weighted by molar-refractivity contribution is 5.50. The van der Waals surface area contributed by atoms with Crippen LogP contribution in [0.15, 0.2) is 6.07 Å². The molecular formula is C8H5F5N2O3. The number of nitro groups is 1. The molecule has 0 fully saturated rings. The minimum absolute atomic E-state index is 0.0642. The van der Waals surface area contributed by atoms with Crippen molar-refractivity contribution < 1.29 is 31.6 Å². The molecule has 0 aromatic carbocycles. The van der Waals surface area contributed by atoms with Gasteiger partial charge in [-0.1, -0.05) is 0 Å². The van der Waals surface area contributed by atoms with Gasteiger partial charge in [0.15, 0.2) is 0 Å². The van der Waals surface area contributed by atoms with Gasteiger partial charge in [-0.3, -0.25) is 10.1 Å². The maximum absolute atomic E-state index is 12.5. The topological polar surface area (TPSA) is 65.3 Å². The number of pyridine rings is 1. The molecule has 1 aromatic rings. The Balaban J connectivity index is 3.59. The molecule has 0 spiro atoms. The quantitative estimate of drug-likeness (QED) is 0.482. The largest absolute Gasteiger partial charge is 0.476 e. The monoisotopic (exact) mass is 272 g/mol. The summed E-state index contributed by atoms with van der Waals surface area (Å²) >= 11 is 0. The highest BCUT2D eigenvalue weighted by Gasteiger charge is 2.38. The van der Waals surface area contributed by atoms with Crippen molar-refractivity contribution >= 4 is 5.69 Å². The van der Waals surface area contributed by atoms with Gasteiger partial charge in [0.05, 0.1) is 12.0 Å². The Labute approximate surface area is 96.3 Å². The van der Waals surface area contributed by atoms with E-state index in [4.69, 9.17) is 0 Å². The van der Waals surface area contributed by atoms with Crippen LogP contribution in [-0.2, 0) is 6.18 Å². The Bertz CT molecular complexity index is 475. The first kappa shape index (κ1) is 14.1. The SMILES string of the molecule is COc1nc(C(F)(F)F)cc(C(F)F)c1[N+](=O)[O-]. The molecule has 18 heavy (non-hydrogen) atoms. The van der Waals surface area contributed by atoms with E-state index in [0.717, 1.165) is 7.11 Å². The fourth-order valence-electron chi connectivity index (χ4n) is 1.17. The van der Waals surface area contributed by atoms with Gasteiger partial charge < -0.3 is 4.74 Å². The fraction of sp³-hybridized carbons (Fsp3) is 0.375. The standard InChI is InChI=1S/C8H5F5N2O3/c1-18-7-5(15(16)17)3(6(9)10)2-4(14-7)8(11,12)13/h2,6H,1H3. The van der Waals surface area contributed by atoms with Crippen LogP contribution < -0.4 is 4.74 Å². The molecule has 0 unspecified atom stereocenters. The molecule has 0 saturated carbocycles. The van der Waals surface area contributed by atoms with Gasteiger partial charge in [0, 0.05) is 0 Å². The van der Waals surface area contributed by atoms with Crippen LogP contribution in [-0.4, -0.2) is 17.0 Å². The first-order valence-electron chi connectivity index (χ1n) is 4.27. The smallest absolute Gasteiger partial charge is 0.433 e. The summed E-state index contributed by atoms with van der Waals surface area (Å²) in [5.74, 6) is -1.11. The van der Waals surface area contributed by atoms with Gasteiger partial charge in [-0.25, -0.2) is 13.8 Å². The van der Waals surface area contributed by atoms with Crippen LogP contribution in [0.4, 0.5) is 27.6 Å². The Hall–Kier alpha value is -2.00. The number of alkyl halides is 5. The van der Waals surface area contributed by atoms with Crippen LogP contribution >= 0.6 is 0 Å². The molecule has 0 aliphatic heterocycles. The Kier molecular flexibility index (Phi) is 3.67. The number of rotatable bonds is 3. The number of nitrogens with zero attached hydrogens (tertiary/aromatic N) is 2. The summed E-state index contributed by atoms with van der Waals surface area (Å²) in [7, 11) is 0.796. The van der Waals surface area contributed by atoms with E-state index < -0.39 is 40.3 Å². The van der Waals surface area contributed by atoms with Gasteiger partial charge in [0.2, 0.25) is 0 Å². The van der Waals surface area contributed by atoms with Crippen LogP contribution in [0, 0.1) is 10.1 Å². The van der Waals surface area contributed by atoms with Crippen molar-refractivity contribution in [2.75, 3.05) is 7.11 Å². The Morgan fingerprint density at radius 2 is 2.00 bits per heavy atom. The third-order valence-corrected chi connectivity index (χ3v) is 1.89. The van der Waals surface area contributed by atoms with Crippen LogP contribution in [0.3, 0.4) is 0 Å². The second-order valence-corrected chi connectivity index (χ2v) is 3.01. The molecule has 10 heteroatoms. The lowest BCUT2D eigenvalue weighted by molar-refractivity contribution is -0.387. The predicted molar refractivity (Wildman–Crippen MR) is 47.4 cm³/mol. The molecular weight excluding hydrogens is 267 g/mol. The third kappa shape index (κ3) is 2.63. The lowest BCUT2D eigenvalue weighted by Gasteiger charge is -2.10. The number of methoxy groups -OCH3 is 1. The first-order chi connectivity index (χ1) is 8.18. The molecule has 0 bridgehead atoms. The highest BCUT2D eigenvalue weighted by Crippen LogP contribution is 2.39. The maximum atomic E-state index is 12.5. The lowest BCUT2D eigenvalue weighted by Crippen LogP contribution is -2.12. The summed E-state index contributed by atoms with van der Waals surface area (Å²) in [6.45, 7) is 0. The lowest BCUT2D eigenvalue weighted by atomic mass is 10.2. The van der Waals surface area contributed by atoms with Gasteiger partial charge in [0.1, 0.15) is 11.3 Å². The number of ether oxygens (including phenoxy) is 1. The summed E-state index contributed by atoms with van der Waals surface area (Å²) in [6, 6.07) is -0.0642. The normalized spacial score (nSPS) is 11.7. The molecule has 0 radical (unpaired) electrons. The van der Waals surface area contributed by atoms with E-state index in [9.17, 15) is 32.1 Å². The van der Waals surface area contributed by atoms with Crippen LogP contribution in [0.5, 0.6) is 5.88 Å². The van der Waals surface area contributed by atoms with E-state index in [1.54, 1.807) is 0 Å². The summed E-state index contributed by atoms with van der Waals surface area (Å²) in [5, 5.41) is 10.5. The zero-order valence-corrected chi connectivity index (χ0v) is 8.66. The van der Waals surface area contributed by atoms with Crippen molar-refractivity contribution in [2.45, 2.75) is 12.6 Å². The van der Waals surface area contributed by atoms with Crippen molar-refractivity contribution in [3.05, 3.63) is 27.4 Å². The van der Waals surface area contributed by atoms with Gasteiger partial charge in [-0.15, -0.1) is 0 Å². The van der Waals surface area contributed by atoms with Gasteiger partial charge in [0.25, 0.3) is 12.3 Å². The number of halogens is 5. The molecule has 0 amide bonds. The van der Waals surface area contributed by atoms with Crippen molar-refractivity contribution in [1.29, 1.82) is 0 Å². The highest BCUT2D eigenvalue weighted by atomic mass is 19.4. The second-order valence-electron chi connectivity index (χ2n) is 3.01. The number of hydrogen-bond donors (Lipinski definition) is 0. The van der Waals surface area contributed by atoms with Crippen LogP contribution in [0.2, 0.25) is 0 Å². The maximum Gasteiger partial charge on any atom is 0.433 e. The molecule has 1 heterocycles. The molecule has 1 rings (SSSR count). The summed E-state index contributed by atoms with van der Waals surface area (Å²) in [5.41, 5.74) is -4.35. The van der Waals surface area contributed by atoms with Gasteiger partial charge >= 0.3 is 11.9 Å². The third-order valence-electron chi connectivity index (χ3n) is 1.89. The second kappa shape index (κ2) is 4.70. The van der Waals surface area contributed by atoms with Crippen molar-refractivity contribution in [3.63, 3.8) is 0 Å². The number of hydrogen-bond acceptors (Lipinski definition) is 4. The van der Waals surface area contributed by atoms with Gasteiger partial charge in [-0.2, -0.15) is 13.2 Å². The summed E-state index contributed by atoms with van der Waals surface area (Å²) in [6.07, 6.45) is -8.46. The van der Waals surface area contributed by atoms with E-state index >= 15 is 0 Å². The van der Waals surface area contributed by atoms with Crippen molar-refractivity contribution in [2.24, 2.45) is 0 Å². The first-order valence-corrected chi connectivity index (χ1v) is 4.27. The van der Waals surface area contributed by atoms with E-state index in [1.807, 2.05) is 0 Å². The molecule has 100 valence electrons. The van der Waals surface area contributed by atoms with Crippen molar-refractivity contribution in [3.8, 4) is 5.88 Å². The molecule has 5 nitrogen and oxygen atoms in total. The fourth-order valence-corrected chi connectivity index (χ4v) is 1.17. The minimum atomic E-state index is -5.01. The van der Waals surface area contributed by atoms with Crippen LogP contribution in [0.25, 0.3) is 0 Å². The molecule has 0 aliphatic carbocycles. The average molecular weight is 272 g/mol. The summed E-state index contributed by atoms with van der Waals surface area (Å²) < 4.78 is 66.3. The zero-order chi connectivity index (χ0) is 14.1. The van der Waals surface area contributed by atoms with Crippen LogP contribution in [0.1, 0.15) is 17.7 Å². The van der Waals surface area contributed by atoms with E-state index in [0.29, 0.717) is 0 Å². The average Bonchev–Trinajstić information content (AvgIpc) is 2.25. The van der Waals surface area contributed by atoms with E-state index in [2.05, 4.69) is 9.72 Å². The molecule has 0 aliphatic rings. The zero-order valence-electron chi connectivity index (χ0n) is 8.66. The Morgan fingerprint density at radius 1 is 1.44 bits per heavy atom. The molecule has 0 N–H and O–H groups in total. The van der Waals surface area contributed by atoms with Gasteiger partial charge in [-0.05, 0) is 6.07 Å². The molecule has 1 aromatic heterocycles. The van der Waals surface area contributed by atoms with E-state index in [-0.39, 0.29) is 6.07 Å². The predicted octanol–water partition coefficient (Wildman–Crippen LogP) is 2.95. The molecule has 0 saturated heterocycles. The van der Waals surface area contributed by atoms with Crippen molar-refractivity contribution in [1.82, 2.24) is 4.98 Å². The Morgan fingerprint density at radius 3 is 2.33 bits per heavy atom. The van der Waals surface area contributed by atoms with E-state index in [1.165, 1.54) is 0 Å².